The summed E-state index contributed by atoms with van der Waals surface area (Å²) < 4.78 is 17.9. The molecule has 0 bridgehead atoms. The van der Waals surface area contributed by atoms with Gasteiger partial charge in [-0.25, -0.2) is 9.37 Å². The van der Waals surface area contributed by atoms with Gasteiger partial charge >= 0.3 is 0 Å². The lowest BCUT2D eigenvalue weighted by molar-refractivity contribution is 0.193. The van der Waals surface area contributed by atoms with Crippen molar-refractivity contribution in [3.8, 4) is 0 Å². The molecule has 0 fully saturated rings. The first-order chi connectivity index (χ1) is 8.29. The lowest BCUT2D eigenvalue weighted by atomic mass is 10.3. The number of hydrogen-bond donors (Lipinski definition) is 2. The van der Waals surface area contributed by atoms with Gasteiger partial charge < -0.3 is 15.0 Å². The summed E-state index contributed by atoms with van der Waals surface area (Å²) in [5, 5.41) is 3.17. The molecule has 92 valence electrons. The van der Waals surface area contributed by atoms with Gasteiger partial charge in [0.2, 0.25) is 5.95 Å². The molecule has 2 aromatic rings. The van der Waals surface area contributed by atoms with Crippen molar-refractivity contribution in [2.24, 2.45) is 0 Å². The third kappa shape index (κ3) is 3.17. The van der Waals surface area contributed by atoms with Crippen molar-refractivity contribution in [1.29, 1.82) is 0 Å². The summed E-state index contributed by atoms with van der Waals surface area (Å²) in [5.41, 5.74) is 1.48. The van der Waals surface area contributed by atoms with Crippen LogP contribution in [0.1, 0.15) is 12.8 Å². The van der Waals surface area contributed by atoms with Gasteiger partial charge in [0.05, 0.1) is 11.0 Å². The number of methoxy groups -OCH3 is 1. The predicted octanol–water partition coefficient (Wildman–Crippen LogP) is 2.54. The molecule has 0 saturated heterocycles. The highest BCUT2D eigenvalue weighted by molar-refractivity contribution is 5.77. The number of hydrogen-bond acceptors (Lipinski definition) is 3. The number of aromatic nitrogens is 2. The maximum Gasteiger partial charge on any atom is 0.201 e. The van der Waals surface area contributed by atoms with Crippen molar-refractivity contribution in [3.63, 3.8) is 0 Å². The van der Waals surface area contributed by atoms with Gasteiger partial charge in [0.25, 0.3) is 0 Å². The second-order valence-corrected chi connectivity index (χ2v) is 3.87. The van der Waals surface area contributed by atoms with E-state index >= 15 is 0 Å². The molecule has 0 aliphatic rings. The number of ether oxygens (including phenoxy) is 1. The Morgan fingerprint density at radius 2 is 2.29 bits per heavy atom. The molecule has 17 heavy (non-hydrogen) atoms. The summed E-state index contributed by atoms with van der Waals surface area (Å²) in [6.45, 7) is 1.60. The maximum absolute atomic E-state index is 13.0. The molecule has 0 saturated carbocycles. The van der Waals surface area contributed by atoms with Gasteiger partial charge in [-0.05, 0) is 31.0 Å². The molecule has 1 aromatic heterocycles. The fraction of sp³-hybridized carbons (Fsp3) is 0.417. The van der Waals surface area contributed by atoms with Gasteiger partial charge in [-0.1, -0.05) is 0 Å². The fourth-order valence-electron chi connectivity index (χ4n) is 1.64. The van der Waals surface area contributed by atoms with Crippen molar-refractivity contribution >= 4 is 17.0 Å². The number of nitrogens with one attached hydrogen (secondary N) is 2. The predicted molar refractivity (Wildman–Crippen MR) is 65.7 cm³/mol. The highest BCUT2D eigenvalue weighted by atomic mass is 19.1. The van der Waals surface area contributed by atoms with Crippen molar-refractivity contribution < 1.29 is 9.13 Å². The molecule has 0 spiro atoms. The maximum atomic E-state index is 13.0. The smallest absolute Gasteiger partial charge is 0.201 e. The molecule has 2 N–H and O–H groups in total. The second kappa shape index (κ2) is 5.63. The first-order valence-corrected chi connectivity index (χ1v) is 5.67. The first-order valence-electron chi connectivity index (χ1n) is 5.67. The van der Waals surface area contributed by atoms with Crippen LogP contribution in [0.5, 0.6) is 0 Å². The summed E-state index contributed by atoms with van der Waals surface area (Å²) in [7, 11) is 1.70. The molecule has 0 radical (unpaired) electrons. The van der Waals surface area contributed by atoms with Crippen LogP contribution in [0.15, 0.2) is 18.2 Å². The highest BCUT2D eigenvalue weighted by Gasteiger charge is 2.02. The van der Waals surface area contributed by atoms with E-state index in [1.807, 2.05) is 0 Å². The number of fused-ring (bicyclic) bond motifs is 1. The molecule has 1 heterocycles. The molecular weight excluding hydrogens is 221 g/mol. The van der Waals surface area contributed by atoms with Gasteiger partial charge in [0, 0.05) is 20.3 Å². The van der Waals surface area contributed by atoms with E-state index in [4.69, 9.17) is 4.74 Å². The molecule has 0 unspecified atom stereocenters. The molecule has 0 atom stereocenters. The number of rotatable bonds is 6. The number of nitrogens with zero attached hydrogens (tertiary/aromatic N) is 1. The summed E-state index contributed by atoms with van der Waals surface area (Å²) in [5.74, 6) is 0.427. The van der Waals surface area contributed by atoms with Crippen LogP contribution in [0, 0.1) is 5.82 Å². The molecule has 5 heteroatoms. The van der Waals surface area contributed by atoms with Gasteiger partial charge in [-0.2, -0.15) is 0 Å². The number of anilines is 1. The normalized spacial score (nSPS) is 10.9. The monoisotopic (exact) mass is 237 g/mol. The zero-order chi connectivity index (χ0) is 12.1. The molecular formula is C12H16FN3O. The lowest BCUT2D eigenvalue weighted by Gasteiger charge is -2.01. The van der Waals surface area contributed by atoms with Crippen LogP contribution < -0.4 is 5.32 Å². The quantitative estimate of drug-likeness (QED) is 0.759. The van der Waals surface area contributed by atoms with E-state index in [0.29, 0.717) is 11.5 Å². The lowest BCUT2D eigenvalue weighted by Crippen LogP contribution is -2.04. The molecule has 4 nitrogen and oxygen atoms in total. The van der Waals surface area contributed by atoms with Crippen LogP contribution in [0.4, 0.5) is 10.3 Å². The Morgan fingerprint density at radius 3 is 3.12 bits per heavy atom. The minimum absolute atomic E-state index is 0.257. The third-order valence-electron chi connectivity index (χ3n) is 2.51. The average Bonchev–Trinajstić information content (AvgIpc) is 2.70. The molecule has 0 aliphatic carbocycles. The average molecular weight is 237 g/mol. The van der Waals surface area contributed by atoms with E-state index < -0.39 is 0 Å². The number of halogens is 1. The molecule has 2 rings (SSSR count). The largest absolute Gasteiger partial charge is 0.385 e. The number of H-pyrrole nitrogens is 1. The Kier molecular flexibility index (Phi) is 3.93. The topological polar surface area (TPSA) is 49.9 Å². The molecule has 1 aromatic carbocycles. The van der Waals surface area contributed by atoms with Crippen molar-refractivity contribution in [2.75, 3.05) is 25.6 Å². The Hall–Kier alpha value is -1.62. The van der Waals surface area contributed by atoms with Crippen molar-refractivity contribution in [3.05, 3.63) is 24.0 Å². The summed E-state index contributed by atoms with van der Waals surface area (Å²) >= 11 is 0. The van der Waals surface area contributed by atoms with Crippen molar-refractivity contribution in [2.45, 2.75) is 12.8 Å². The van der Waals surface area contributed by atoms with Crippen molar-refractivity contribution in [1.82, 2.24) is 9.97 Å². The van der Waals surface area contributed by atoms with Gasteiger partial charge in [-0.15, -0.1) is 0 Å². The highest BCUT2D eigenvalue weighted by Crippen LogP contribution is 2.15. The molecule has 0 amide bonds. The van der Waals surface area contributed by atoms with Crippen LogP contribution in [-0.2, 0) is 4.74 Å². The Balaban J connectivity index is 1.91. The van der Waals surface area contributed by atoms with Crippen LogP contribution >= 0.6 is 0 Å². The van der Waals surface area contributed by atoms with E-state index in [0.717, 1.165) is 31.5 Å². The SMILES string of the molecule is COCCCCNc1nc2ccc(F)cc2[nH]1. The van der Waals surface area contributed by atoms with E-state index in [9.17, 15) is 4.39 Å². The zero-order valence-electron chi connectivity index (χ0n) is 9.79. The van der Waals surface area contributed by atoms with E-state index in [1.54, 1.807) is 13.2 Å². The summed E-state index contributed by atoms with van der Waals surface area (Å²) in [4.78, 5) is 7.34. The third-order valence-corrected chi connectivity index (χ3v) is 2.51. The van der Waals surface area contributed by atoms with Gasteiger partial charge in [0.1, 0.15) is 5.82 Å². The minimum atomic E-state index is -0.257. The first kappa shape index (κ1) is 11.9. The van der Waals surface area contributed by atoms with Crippen LogP contribution in [0.25, 0.3) is 11.0 Å². The van der Waals surface area contributed by atoms with Gasteiger partial charge in [0.15, 0.2) is 0 Å². The van der Waals surface area contributed by atoms with Crippen LogP contribution in [-0.4, -0.2) is 30.2 Å². The number of aromatic amines is 1. The Morgan fingerprint density at radius 1 is 1.41 bits per heavy atom. The summed E-state index contributed by atoms with van der Waals surface area (Å²) in [6, 6.07) is 4.52. The Bertz CT molecular complexity index is 484. The standard InChI is InChI=1S/C12H16FN3O/c1-17-7-3-2-6-14-12-15-10-5-4-9(13)8-11(10)16-12/h4-5,8H,2-3,6-7H2,1H3,(H2,14,15,16). The van der Waals surface area contributed by atoms with Gasteiger partial charge in [-0.3, -0.25) is 0 Å². The second-order valence-electron chi connectivity index (χ2n) is 3.87. The van der Waals surface area contributed by atoms with Crippen LogP contribution in [0.2, 0.25) is 0 Å². The van der Waals surface area contributed by atoms with E-state index in [2.05, 4.69) is 15.3 Å². The number of unbranched alkanes of at least 4 members (excludes halogenated alkanes) is 1. The number of benzene rings is 1. The van der Waals surface area contributed by atoms with E-state index in [1.165, 1.54) is 12.1 Å². The minimum Gasteiger partial charge on any atom is -0.385 e. The number of imidazole rings is 1. The van der Waals surface area contributed by atoms with E-state index in [-0.39, 0.29) is 5.82 Å². The summed E-state index contributed by atoms with van der Waals surface area (Å²) in [6.07, 6.45) is 2.03. The van der Waals surface area contributed by atoms with Crippen LogP contribution in [0.3, 0.4) is 0 Å². The zero-order valence-corrected chi connectivity index (χ0v) is 9.79. The Labute approximate surface area is 99.2 Å². The molecule has 0 aliphatic heterocycles. The fourth-order valence-corrected chi connectivity index (χ4v) is 1.64.